The minimum absolute atomic E-state index is 0.596. The third kappa shape index (κ3) is 4.99. The van der Waals surface area contributed by atoms with Crippen molar-refractivity contribution in [2.24, 2.45) is 0 Å². The standard InChI is InChI=1S/C19H24O2SSi/c1-15-10-12-17(13-11-15)22(21)18(14-23(2,3)4)19(20)16-8-6-5-7-9-16/h5-14,19-20H,1-4H3/b18-14+/t19-,22?/m1/s1. The summed E-state index contributed by atoms with van der Waals surface area (Å²) in [6, 6.07) is 17.1. The molecule has 23 heavy (non-hydrogen) atoms. The maximum absolute atomic E-state index is 13.1. The van der Waals surface area contributed by atoms with E-state index in [1.165, 1.54) is 0 Å². The molecule has 0 amide bonds. The number of aliphatic hydroxyl groups is 1. The minimum atomic E-state index is -1.64. The number of aliphatic hydroxyl groups excluding tert-OH is 1. The SMILES string of the molecule is Cc1ccc(S(=O)/C(=C/[Si](C)(C)C)[C@H](O)c2ccccc2)cc1. The molecule has 2 rings (SSSR count). The molecule has 0 saturated carbocycles. The van der Waals surface area contributed by atoms with Crippen molar-refractivity contribution >= 4 is 18.9 Å². The Kier molecular flexibility index (Phi) is 5.73. The van der Waals surface area contributed by atoms with Crippen molar-refractivity contribution in [1.29, 1.82) is 0 Å². The van der Waals surface area contributed by atoms with Crippen LogP contribution >= 0.6 is 0 Å². The quantitative estimate of drug-likeness (QED) is 0.805. The van der Waals surface area contributed by atoms with Crippen molar-refractivity contribution in [2.45, 2.75) is 37.6 Å². The van der Waals surface area contributed by atoms with E-state index in [1.54, 1.807) is 0 Å². The summed E-state index contributed by atoms with van der Waals surface area (Å²) < 4.78 is 13.1. The highest BCUT2D eigenvalue weighted by Crippen LogP contribution is 2.29. The molecule has 2 atom stereocenters. The third-order valence-corrected chi connectivity index (χ3v) is 6.27. The Morgan fingerprint density at radius 1 is 1.04 bits per heavy atom. The van der Waals surface area contributed by atoms with Gasteiger partial charge in [-0.2, -0.15) is 0 Å². The van der Waals surface area contributed by atoms with Crippen molar-refractivity contribution in [1.82, 2.24) is 0 Å². The van der Waals surface area contributed by atoms with Crippen LogP contribution in [0.2, 0.25) is 19.6 Å². The minimum Gasteiger partial charge on any atom is -0.383 e. The molecule has 2 aromatic carbocycles. The number of aryl methyl sites for hydroxylation is 1. The second-order valence-electron chi connectivity index (χ2n) is 6.81. The molecule has 2 nitrogen and oxygen atoms in total. The van der Waals surface area contributed by atoms with Gasteiger partial charge < -0.3 is 5.11 Å². The van der Waals surface area contributed by atoms with Crippen molar-refractivity contribution in [3.05, 3.63) is 76.3 Å². The van der Waals surface area contributed by atoms with E-state index in [4.69, 9.17) is 0 Å². The van der Waals surface area contributed by atoms with E-state index in [9.17, 15) is 9.32 Å². The summed E-state index contributed by atoms with van der Waals surface area (Å²) in [5.74, 6) is 0. The van der Waals surface area contributed by atoms with E-state index in [0.29, 0.717) is 4.91 Å². The van der Waals surface area contributed by atoms with Gasteiger partial charge in [-0.05, 0) is 24.6 Å². The summed E-state index contributed by atoms with van der Waals surface area (Å²) in [4.78, 5) is 1.33. The maximum Gasteiger partial charge on any atom is 0.112 e. The average Bonchev–Trinajstić information content (AvgIpc) is 2.52. The molecule has 0 radical (unpaired) electrons. The van der Waals surface area contributed by atoms with E-state index in [0.717, 1.165) is 16.0 Å². The van der Waals surface area contributed by atoms with Crippen LogP contribution in [0.3, 0.4) is 0 Å². The van der Waals surface area contributed by atoms with Crippen LogP contribution in [0.1, 0.15) is 17.2 Å². The van der Waals surface area contributed by atoms with E-state index in [-0.39, 0.29) is 0 Å². The topological polar surface area (TPSA) is 37.3 Å². The van der Waals surface area contributed by atoms with Gasteiger partial charge in [0.2, 0.25) is 0 Å². The fourth-order valence-corrected chi connectivity index (χ4v) is 5.75. The number of hydrogen-bond acceptors (Lipinski definition) is 2. The van der Waals surface area contributed by atoms with E-state index in [2.05, 4.69) is 25.3 Å². The summed E-state index contributed by atoms with van der Waals surface area (Å²) in [6.07, 6.45) is -0.843. The number of hydrogen-bond donors (Lipinski definition) is 1. The smallest absolute Gasteiger partial charge is 0.112 e. The van der Waals surface area contributed by atoms with Gasteiger partial charge in [0.1, 0.15) is 6.10 Å². The second kappa shape index (κ2) is 7.38. The Labute approximate surface area is 142 Å². The normalized spacial score (nSPS) is 15.3. The number of benzene rings is 2. The average molecular weight is 345 g/mol. The summed E-state index contributed by atoms with van der Waals surface area (Å²) in [5, 5.41) is 10.8. The Hall–Kier alpha value is -1.49. The Bertz CT molecular complexity index is 700. The van der Waals surface area contributed by atoms with Gasteiger partial charge in [0.15, 0.2) is 0 Å². The van der Waals surface area contributed by atoms with Crippen LogP contribution in [0.5, 0.6) is 0 Å². The molecule has 2 aromatic rings. The second-order valence-corrected chi connectivity index (χ2v) is 13.3. The van der Waals surface area contributed by atoms with Gasteiger partial charge in [0, 0.05) is 9.80 Å². The van der Waals surface area contributed by atoms with Crippen molar-refractivity contribution in [2.75, 3.05) is 0 Å². The molecule has 0 bridgehead atoms. The van der Waals surface area contributed by atoms with Crippen LogP contribution in [-0.2, 0) is 10.8 Å². The van der Waals surface area contributed by atoms with Crippen LogP contribution in [0.25, 0.3) is 0 Å². The zero-order chi connectivity index (χ0) is 17.0. The van der Waals surface area contributed by atoms with Crippen LogP contribution in [0, 0.1) is 6.92 Å². The Balaban J connectivity index is 2.44. The largest absolute Gasteiger partial charge is 0.383 e. The first-order valence-electron chi connectivity index (χ1n) is 7.72. The molecule has 0 spiro atoms. The molecular weight excluding hydrogens is 320 g/mol. The number of rotatable bonds is 5. The van der Waals surface area contributed by atoms with E-state index >= 15 is 0 Å². The molecule has 0 aromatic heterocycles. The molecular formula is C19H24O2SSi. The Morgan fingerprint density at radius 2 is 1.61 bits per heavy atom. The van der Waals surface area contributed by atoms with E-state index in [1.807, 2.05) is 61.5 Å². The van der Waals surface area contributed by atoms with Gasteiger partial charge in [-0.3, -0.25) is 0 Å². The van der Waals surface area contributed by atoms with Crippen molar-refractivity contribution < 1.29 is 9.32 Å². The molecule has 0 fully saturated rings. The van der Waals surface area contributed by atoms with Gasteiger partial charge in [0.25, 0.3) is 0 Å². The predicted molar refractivity (Wildman–Crippen MR) is 100 cm³/mol. The predicted octanol–water partition coefficient (Wildman–Crippen LogP) is 4.60. The monoisotopic (exact) mass is 344 g/mol. The van der Waals surface area contributed by atoms with Crippen molar-refractivity contribution in [3.8, 4) is 0 Å². The molecule has 0 aliphatic carbocycles. The highest BCUT2D eigenvalue weighted by atomic mass is 32.2. The highest BCUT2D eigenvalue weighted by molar-refractivity contribution is 7.89. The lowest BCUT2D eigenvalue weighted by molar-refractivity contribution is 0.224. The van der Waals surface area contributed by atoms with Crippen LogP contribution in [-0.4, -0.2) is 17.4 Å². The van der Waals surface area contributed by atoms with Crippen LogP contribution < -0.4 is 0 Å². The van der Waals surface area contributed by atoms with Gasteiger partial charge in [0.05, 0.1) is 18.9 Å². The molecule has 122 valence electrons. The summed E-state index contributed by atoms with van der Waals surface area (Å²) in [6.45, 7) is 8.54. The van der Waals surface area contributed by atoms with Crippen molar-refractivity contribution in [3.63, 3.8) is 0 Å². The summed E-state index contributed by atoms with van der Waals surface area (Å²) >= 11 is 0. The van der Waals surface area contributed by atoms with Gasteiger partial charge >= 0.3 is 0 Å². The van der Waals surface area contributed by atoms with Crippen LogP contribution in [0.4, 0.5) is 0 Å². The lowest BCUT2D eigenvalue weighted by Crippen LogP contribution is -2.20. The Morgan fingerprint density at radius 3 is 2.13 bits per heavy atom. The van der Waals surface area contributed by atoms with Gasteiger partial charge in [-0.15, -0.1) is 0 Å². The third-order valence-electron chi connectivity index (χ3n) is 3.41. The highest BCUT2D eigenvalue weighted by Gasteiger charge is 2.24. The van der Waals surface area contributed by atoms with Gasteiger partial charge in [-0.1, -0.05) is 73.4 Å². The maximum atomic E-state index is 13.1. The molecule has 0 heterocycles. The van der Waals surface area contributed by atoms with Gasteiger partial charge in [-0.25, -0.2) is 4.21 Å². The fraction of sp³-hybridized carbons (Fsp3) is 0.263. The molecule has 4 heteroatoms. The first-order chi connectivity index (χ1) is 10.8. The molecule has 1 unspecified atom stereocenters. The zero-order valence-corrected chi connectivity index (χ0v) is 15.9. The molecule has 0 aliphatic rings. The first kappa shape index (κ1) is 17.9. The summed E-state index contributed by atoms with van der Waals surface area (Å²) in [7, 11) is -3.00. The first-order valence-corrected chi connectivity index (χ1v) is 12.4. The van der Waals surface area contributed by atoms with E-state index < -0.39 is 25.0 Å². The fourth-order valence-electron chi connectivity index (χ4n) is 2.26. The lowest BCUT2D eigenvalue weighted by Gasteiger charge is -2.19. The zero-order valence-electron chi connectivity index (χ0n) is 14.1. The summed E-state index contributed by atoms with van der Waals surface area (Å²) in [5.41, 5.74) is 3.96. The molecule has 1 N–H and O–H groups in total. The molecule has 0 saturated heterocycles. The van der Waals surface area contributed by atoms with Crippen LogP contribution in [0.15, 0.2) is 70.1 Å². The lowest BCUT2D eigenvalue weighted by atomic mass is 10.1. The molecule has 0 aliphatic heterocycles.